The lowest BCUT2D eigenvalue weighted by Gasteiger charge is -2.10. The third-order valence-corrected chi connectivity index (χ3v) is 2.32. The Balaban J connectivity index is 2.42. The van der Waals surface area contributed by atoms with E-state index in [0.29, 0.717) is 36.0 Å². The van der Waals surface area contributed by atoms with Gasteiger partial charge in [0.1, 0.15) is 0 Å². The molecule has 0 atom stereocenters. The number of hydrogen-bond donors (Lipinski definition) is 1. The van der Waals surface area contributed by atoms with Crippen LogP contribution in [0.5, 0.6) is 11.5 Å². The van der Waals surface area contributed by atoms with Crippen LogP contribution in [0.1, 0.15) is 16.8 Å². The van der Waals surface area contributed by atoms with Gasteiger partial charge in [-0.2, -0.15) is 0 Å². The average molecular weight is 223 g/mol. The predicted octanol–water partition coefficient (Wildman–Crippen LogP) is 1.22. The van der Waals surface area contributed by atoms with Crippen LogP contribution in [0.3, 0.4) is 0 Å². The lowest BCUT2D eigenvalue weighted by molar-refractivity contribution is 0.0601. The number of carbonyl (C=O) groups is 1. The first-order valence-electron chi connectivity index (χ1n) is 5.00. The third-order valence-electron chi connectivity index (χ3n) is 2.32. The Morgan fingerprint density at radius 2 is 1.94 bits per heavy atom. The molecule has 0 saturated heterocycles. The molecule has 16 heavy (non-hydrogen) atoms. The van der Waals surface area contributed by atoms with Crippen molar-refractivity contribution >= 4 is 11.7 Å². The third kappa shape index (κ3) is 1.88. The molecule has 1 aliphatic heterocycles. The number of benzene rings is 1. The number of nitrogens with two attached hydrogens (primary N) is 1. The maximum atomic E-state index is 11.4. The summed E-state index contributed by atoms with van der Waals surface area (Å²) in [5.41, 5.74) is 6.36. The minimum absolute atomic E-state index is 0.298. The average Bonchev–Trinajstić information content (AvgIpc) is 2.51. The van der Waals surface area contributed by atoms with Gasteiger partial charge in [-0.25, -0.2) is 4.79 Å². The number of esters is 1. The number of hydrogen-bond acceptors (Lipinski definition) is 5. The molecular formula is C11H13NO4. The number of fused-ring (bicyclic) bond motifs is 1. The molecule has 1 heterocycles. The van der Waals surface area contributed by atoms with Gasteiger partial charge < -0.3 is 19.9 Å². The van der Waals surface area contributed by atoms with E-state index in [0.717, 1.165) is 6.42 Å². The van der Waals surface area contributed by atoms with Crippen LogP contribution < -0.4 is 15.2 Å². The molecule has 0 unspecified atom stereocenters. The molecule has 0 spiro atoms. The van der Waals surface area contributed by atoms with E-state index < -0.39 is 5.97 Å². The Kier molecular flexibility index (Phi) is 2.85. The van der Waals surface area contributed by atoms with E-state index in [1.807, 2.05) is 0 Å². The topological polar surface area (TPSA) is 70.8 Å². The maximum absolute atomic E-state index is 11.4. The van der Waals surface area contributed by atoms with Crippen LogP contribution in [0.15, 0.2) is 12.1 Å². The summed E-state index contributed by atoms with van der Waals surface area (Å²) < 4.78 is 15.5. The van der Waals surface area contributed by atoms with Crippen LogP contribution in [0.25, 0.3) is 0 Å². The second kappa shape index (κ2) is 4.30. The summed E-state index contributed by atoms with van der Waals surface area (Å²) in [4.78, 5) is 11.4. The molecule has 0 aromatic heterocycles. The van der Waals surface area contributed by atoms with Gasteiger partial charge in [-0.05, 0) is 0 Å². The SMILES string of the molecule is COC(=O)c1cc2c(cc1N)OCCCO2. The molecule has 5 nitrogen and oxygen atoms in total. The molecule has 1 aliphatic rings. The van der Waals surface area contributed by atoms with Crippen molar-refractivity contribution in [2.24, 2.45) is 0 Å². The van der Waals surface area contributed by atoms with Crippen molar-refractivity contribution in [1.82, 2.24) is 0 Å². The number of rotatable bonds is 1. The number of ether oxygens (including phenoxy) is 3. The number of anilines is 1. The largest absolute Gasteiger partial charge is 0.490 e. The van der Waals surface area contributed by atoms with Crippen molar-refractivity contribution in [2.75, 3.05) is 26.1 Å². The van der Waals surface area contributed by atoms with Crippen LogP contribution in [0.2, 0.25) is 0 Å². The van der Waals surface area contributed by atoms with Gasteiger partial charge in [0.2, 0.25) is 0 Å². The van der Waals surface area contributed by atoms with Gasteiger partial charge in [-0.1, -0.05) is 0 Å². The van der Waals surface area contributed by atoms with E-state index in [1.54, 1.807) is 12.1 Å². The first-order chi connectivity index (χ1) is 7.72. The molecule has 2 N–H and O–H groups in total. The summed E-state index contributed by atoms with van der Waals surface area (Å²) in [6.07, 6.45) is 0.808. The van der Waals surface area contributed by atoms with Crippen molar-refractivity contribution < 1.29 is 19.0 Å². The van der Waals surface area contributed by atoms with E-state index in [1.165, 1.54) is 7.11 Å². The summed E-state index contributed by atoms with van der Waals surface area (Å²) in [6.45, 7) is 1.15. The molecule has 1 aromatic rings. The fourth-order valence-electron chi connectivity index (χ4n) is 1.51. The minimum atomic E-state index is -0.479. The molecule has 0 amide bonds. The molecular weight excluding hydrogens is 210 g/mol. The molecule has 0 fully saturated rings. The Labute approximate surface area is 93.1 Å². The highest BCUT2D eigenvalue weighted by Gasteiger charge is 2.17. The van der Waals surface area contributed by atoms with Crippen LogP contribution in [-0.4, -0.2) is 26.3 Å². The van der Waals surface area contributed by atoms with E-state index in [9.17, 15) is 4.79 Å². The predicted molar refractivity (Wildman–Crippen MR) is 57.8 cm³/mol. The number of carbonyl (C=O) groups excluding carboxylic acids is 1. The van der Waals surface area contributed by atoms with E-state index in [2.05, 4.69) is 4.74 Å². The second-order valence-corrected chi connectivity index (χ2v) is 3.43. The molecule has 0 radical (unpaired) electrons. The molecule has 5 heteroatoms. The van der Waals surface area contributed by atoms with Crippen molar-refractivity contribution in [3.8, 4) is 11.5 Å². The highest BCUT2D eigenvalue weighted by atomic mass is 16.5. The van der Waals surface area contributed by atoms with Gasteiger partial charge in [0, 0.05) is 18.6 Å². The Morgan fingerprint density at radius 1 is 1.31 bits per heavy atom. The fourth-order valence-corrected chi connectivity index (χ4v) is 1.51. The standard InChI is InChI=1S/C11H13NO4/c1-14-11(13)7-5-9-10(6-8(7)12)16-4-2-3-15-9/h5-6H,2-4,12H2,1H3. The van der Waals surface area contributed by atoms with Crippen LogP contribution >= 0.6 is 0 Å². The molecule has 2 rings (SSSR count). The molecule has 0 bridgehead atoms. The van der Waals surface area contributed by atoms with Crippen LogP contribution in [0, 0.1) is 0 Å². The van der Waals surface area contributed by atoms with E-state index >= 15 is 0 Å². The summed E-state index contributed by atoms with van der Waals surface area (Å²) in [7, 11) is 1.31. The first-order valence-corrected chi connectivity index (χ1v) is 5.00. The van der Waals surface area contributed by atoms with Crippen LogP contribution in [0.4, 0.5) is 5.69 Å². The smallest absolute Gasteiger partial charge is 0.340 e. The van der Waals surface area contributed by atoms with Gasteiger partial charge in [0.25, 0.3) is 0 Å². The zero-order valence-corrected chi connectivity index (χ0v) is 8.99. The second-order valence-electron chi connectivity index (χ2n) is 3.43. The van der Waals surface area contributed by atoms with Crippen molar-refractivity contribution in [1.29, 1.82) is 0 Å². The number of nitrogen functional groups attached to an aromatic ring is 1. The van der Waals surface area contributed by atoms with Crippen molar-refractivity contribution in [3.05, 3.63) is 17.7 Å². The zero-order valence-electron chi connectivity index (χ0n) is 8.99. The summed E-state index contributed by atoms with van der Waals surface area (Å²) in [6, 6.07) is 3.15. The number of methoxy groups -OCH3 is 1. The van der Waals surface area contributed by atoms with Gasteiger partial charge in [0.15, 0.2) is 11.5 Å². The van der Waals surface area contributed by atoms with Crippen molar-refractivity contribution in [2.45, 2.75) is 6.42 Å². The summed E-state index contributed by atoms with van der Waals surface area (Å²) in [5.74, 6) is 0.628. The maximum Gasteiger partial charge on any atom is 0.340 e. The first kappa shape index (κ1) is 10.6. The molecule has 1 aromatic carbocycles. The highest BCUT2D eigenvalue weighted by Crippen LogP contribution is 2.34. The van der Waals surface area contributed by atoms with Gasteiger partial charge in [-0.3, -0.25) is 0 Å². The monoisotopic (exact) mass is 223 g/mol. The van der Waals surface area contributed by atoms with E-state index in [-0.39, 0.29) is 0 Å². The Bertz CT molecular complexity index is 417. The Morgan fingerprint density at radius 3 is 2.56 bits per heavy atom. The lowest BCUT2D eigenvalue weighted by Crippen LogP contribution is -2.06. The lowest BCUT2D eigenvalue weighted by atomic mass is 10.1. The fraction of sp³-hybridized carbons (Fsp3) is 0.364. The van der Waals surface area contributed by atoms with Gasteiger partial charge >= 0.3 is 5.97 Å². The highest BCUT2D eigenvalue weighted by molar-refractivity contribution is 5.96. The Hall–Kier alpha value is -1.91. The molecule has 0 aliphatic carbocycles. The van der Waals surface area contributed by atoms with Gasteiger partial charge in [0.05, 0.1) is 31.6 Å². The normalized spacial score (nSPS) is 14.1. The zero-order chi connectivity index (χ0) is 11.5. The minimum Gasteiger partial charge on any atom is -0.490 e. The van der Waals surface area contributed by atoms with Crippen LogP contribution in [-0.2, 0) is 4.74 Å². The van der Waals surface area contributed by atoms with E-state index in [4.69, 9.17) is 15.2 Å². The van der Waals surface area contributed by atoms with Crippen molar-refractivity contribution in [3.63, 3.8) is 0 Å². The molecule has 0 saturated carbocycles. The molecule has 86 valence electrons. The summed E-state index contributed by atoms with van der Waals surface area (Å²) in [5, 5.41) is 0. The van der Waals surface area contributed by atoms with Gasteiger partial charge in [-0.15, -0.1) is 0 Å². The quantitative estimate of drug-likeness (QED) is 0.572. The summed E-state index contributed by atoms with van der Waals surface area (Å²) >= 11 is 0.